The summed E-state index contributed by atoms with van der Waals surface area (Å²) in [6, 6.07) is 0. The molecule has 0 aliphatic carbocycles. The van der Waals surface area contributed by atoms with E-state index in [-0.39, 0.29) is 38.2 Å². The molecular formula is C62H122NO8+. The number of hydrogen-bond donors (Lipinski definition) is 1. The Balaban J connectivity index is 4.04. The maximum Gasteiger partial charge on any atom is 0.361 e. The first-order valence-electron chi connectivity index (χ1n) is 31.2. The van der Waals surface area contributed by atoms with Crippen molar-refractivity contribution in [3.63, 3.8) is 0 Å². The lowest BCUT2D eigenvalue weighted by atomic mass is 10.0. The third kappa shape index (κ3) is 55.9. The van der Waals surface area contributed by atoms with Gasteiger partial charge in [-0.1, -0.05) is 296 Å². The second-order valence-electron chi connectivity index (χ2n) is 22.7. The molecule has 0 spiro atoms. The molecule has 71 heavy (non-hydrogen) atoms. The van der Waals surface area contributed by atoms with Crippen molar-refractivity contribution in [1.29, 1.82) is 0 Å². The number of carbonyl (C=O) groups is 3. The normalized spacial score (nSPS) is 12.6. The number of esters is 2. The van der Waals surface area contributed by atoms with E-state index < -0.39 is 18.4 Å². The minimum absolute atomic E-state index is 0.172. The Bertz CT molecular complexity index is 1130. The Labute approximate surface area is 441 Å². The molecule has 2 atom stereocenters. The minimum Gasteiger partial charge on any atom is -0.477 e. The highest BCUT2D eigenvalue weighted by Crippen LogP contribution is 2.19. The van der Waals surface area contributed by atoms with Crippen molar-refractivity contribution in [1.82, 2.24) is 0 Å². The van der Waals surface area contributed by atoms with E-state index in [0.29, 0.717) is 17.4 Å². The molecule has 0 fully saturated rings. The van der Waals surface area contributed by atoms with Crippen LogP contribution in [0.25, 0.3) is 0 Å². The summed E-state index contributed by atoms with van der Waals surface area (Å²) in [7, 11) is 5.98. The zero-order valence-corrected chi connectivity index (χ0v) is 48.2. The molecule has 0 saturated heterocycles. The summed E-state index contributed by atoms with van der Waals surface area (Å²) in [5, 5.41) is 9.70. The molecule has 9 nitrogen and oxygen atoms in total. The molecule has 0 aromatic rings. The first-order valence-corrected chi connectivity index (χ1v) is 31.2. The van der Waals surface area contributed by atoms with Crippen LogP contribution in [0, 0.1) is 0 Å². The van der Waals surface area contributed by atoms with Gasteiger partial charge in [0.15, 0.2) is 6.10 Å². The lowest BCUT2D eigenvalue weighted by Gasteiger charge is -2.25. The van der Waals surface area contributed by atoms with Gasteiger partial charge in [-0.05, 0) is 12.8 Å². The standard InChI is InChI=1S/C62H121NO8/c1-6-8-10-12-14-16-18-20-22-23-24-25-26-27-28-29-30-31-32-33-34-35-36-37-39-41-43-45-47-49-51-53-60(65)71-58(57-70-62(61(66)67)68-55-54-63(3,4)5)56-69-59(64)52-50-48-46-44-42-40-38-21-19-17-15-13-11-9-7-2/h58,62H,6-57H2,1-5H3/p+1. The molecule has 0 amide bonds. The van der Waals surface area contributed by atoms with E-state index >= 15 is 0 Å². The molecule has 1 N–H and O–H groups in total. The predicted octanol–water partition coefficient (Wildman–Crippen LogP) is 18.4. The summed E-state index contributed by atoms with van der Waals surface area (Å²) < 4.78 is 22.9. The van der Waals surface area contributed by atoms with Crippen molar-refractivity contribution in [2.24, 2.45) is 0 Å². The van der Waals surface area contributed by atoms with Gasteiger partial charge in [-0.2, -0.15) is 0 Å². The van der Waals surface area contributed by atoms with E-state index in [1.807, 2.05) is 21.1 Å². The quantitative estimate of drug-likeness (QED) is 0.0278. The lowest BCUT2D eigenvalue weighted by Crippen LogP contribution is -2.40. The van der Waals surface area contributed by atoms with Crippen LogP contribution in [0.5, 0.6) is 0 Å². The van der Waals surface area contributed by atoms with E-state index in [2.05, 4.69) is 13.8 Å². The van der Waals surface area contributed by atoms with Crippen LogP contribution in [-0.2, 0) is 33.3 Å². The number of unbranched alkanes of at least 4 members (excludes halogenated alkanes) is 44. The zero-order chi connectivity index (χ0) is 52.0. The second kappa shape index (κ2) is 54.5. The fraction of sp³-hybridized carbons (Fsp3) is 0.952. The van der Waals surface area contributed by atoms with Crippen molar-refractivity contribution in [3.8, 4) is 0 Å². The second-order valence-corrected chi connectivity index (χ2v) is 22.7. The fourth-order valence-electron chi connectivity index (χ4n) is 9.55. The smallest absolute Gasteiger partial charge is 0.361 e. The first-order chi connectivity index (χ1) is 34.6. The highest BCUT2D eigenvalue weighted by atomic mass is 16.7. The van der Waals surface area contributed by atoms with Gasteiger partial charge < -0.3 is 28.5 Å². The number of aliphatic carboxylic acids is 1. The Morgan fingerprint density at radius 3 is 0.901 bits per heavy atom. The van der Waals surface area contributed by atoms with Crippen LogP contribution >= 0.6 is 0 Å². The molecule has 0 aromatic carbocycles. The number of hydrogen-bond acceptors (Lipinski definition) is 7. The molecule has 2 unspecified atom stereocenters. The van der Waals surface area contributed by atoms with Gasteiger partial charge >= 0.3 is 17.9 Å². The number of quaternary nitrogens is 1. The van der Waals surface area contributed by atoms with E-state index in [0.717, 1.165) is 38.5 Å². The van der Waals surface area contributed by atoms with Crippen LogP contribution in [0.15, 0.2) is 0 Å². The maximum atomic E-state index is 12.9. The number of carboxylic acid groups (broad SMARTS) is 1. The molecule has 9 heteroatoms. The number of rotatable bonds is 59. The lowest BCUT2D eigenvalue weighted by molar-refractivity contribution is -0.870. The maximum absolute atomic E-state index is 12.9. The SMILES string of the molecule is CCCCCCCCCCCCCCCCCCCCCCCCCCCCCCCCCC(=O)OC(COC(=O)CCCCCCCCCCCCCCCCC)COC(OCC[N+](C)(C)C)C(=O)O. The molecule has 0 rings (SSSR count). The van der Waals surface area contributed by atoms with Crippen molar-refractivity contribution in [2.75, 3.05) is 47.5 Å². The van der Waals surface area contributed by atoms with Gasteiger partial charge in [-0.15, -0.1) is 0 Å². The van der Waals surface area contributed by atoms with E-state index in [1.54, 1.807) is 0 Å². The largest absolute Gasteiger partial charge is 0.477 e. The van der Waals surface area contributed by atoms with Gasteiger partial charge in [0.2, 0.25) is 0 Å². The monoisotopic (exact) mass is 1010 g/mol. The number of ether oxygens (including phenoxy) is 4. The molecule has 0 aliphatic heterocycles. The van der Waals surface area contributed by atoms with Crippen LogP contribution in [0.4, 0.5) is 0 Å². The van der Waals surface area contributed by atoms with Gasteiger partial charge in [0, 0.05) is 12.8 Å². The van der Waals surface area contributed by atoms with Crippen LogP contribution in [0.3, 0.4) is 0 Å². The van der Waals surface area contributed by atoms with Crippen molar-refractivity contribution in [2.45, 2.75) is 334 Å². The average Bonchev–Trinajstić information content (AvgIpc) is 3.34. The summed E-state index contributed by atoms with van der Waals surface area (Å²) >= 11 is 0. The van der Waals surface area contributed by atoms with Gasteiger partial charge in [-0.3, -0.25) is 9.59 Å². The van der Waals surface area contributed by atoms with Crippen LogP contribution in [0.1, 0.15) is 322 Å². The predicted molar refractivity (Wildman–Crippen MR) is 300 cm³/mol. The van der Waals surface area contributed by atoms with Crippen molar-refractivity contribution >= 4 is 17.9 Å². The molecule has 422 valence electrons. The van der Waals surface area contributed by atoms with Gasteiger partial charge in [0.1, 0.15) is 13.2 Å². The Kier molecular flexibility index (Phi) is 53.2. The van der Waals surface area contributed by atoms with Gasteiger partial charge in [0.05, 0.1) is 34.4 Å². The third-order valence-corrected chi connectivity index (χ3v) is 14.4. The van der Waals surface area contributed by atoms with E-state index in [1.165, 1.54) is 257 Å². The third-order valence-electron chi connectivity index (χ3n) is 14.4. The van der Waals surface area contributed by atoms with Crippen molar-refractivity contribution < 1.29 is 42.9 Å². The highest BCUT2D eigenvalue weighted by molar-refractivity contribution is 5.71. The average molecular weight is 1010 g/mol. The van der Waals surface area contributed by atoms with Crippen LogP contribution in [-0.4, -0.2) is 87.4 Å². The Morgan fingerprint density at radius 1 is 0.366 bits per heavy atom. The summed E-state index contributed by atoms with van der Waals surface area (Å²) in [5.41, 5.74) is 0. The van der Waals surface area contributed by atoms with Gasteiger partial charge in [0.25, 0.3) is 6.29 Å². The summed E-state index contributed by atoms with van der Waals surface area (Å²) in [6.45, 7) is 4.95. The van der Waals surface area contributed by atoms with Crippen LogP contribution in [0.2, 0.25) is 0 Å². The van der Waals surface area contributed by atoms with Crippen LogP contribution < -0.4 is 0 Å². The molecule has 0 aliphatic rings. The van der Waals surface area contributed by atoms with Crippen molar-refractivity contribution in [3.05, 3.63) is 0 Å². The molecular weight excluding hydrogens is 887 g/mol. The fourth-order valence-corrected chi connectivity index (χ4v) is 9.55. The summed E-state index contributed by atoms with van der Waals surface area (Å²) in [4.78, 5) is 37.4. The highest BCUT2D eigenvalue weighted by Gasteiger charge is 2.25. The molecule has 0 bridgehead atoms. The van der Waals surface area contributed by atoms with Gasteiger partial charge in [-0.25, -0.2) is 4.79 Å². The Hall–Kier alpha value is -1.71. The molecule has 0 radical (unpaired) electrons. The number of carbonyl (C=O) groups excluding carboxylic acids is 2. The molecule has 0 saturated carbocycles. The summed E-state index contributed by atoms with van der Waals surface area (Å²) in [5.74, 6) is -1.97. The number of likely N-dealkylation sites (N-methyl/N-ethyl adjacent to an activating group) is 1. The van der Waals surface area contributed by atoms with E-state index in [4.69, 9.17) is 18.9 Å². The summed E-state index contributed by atoms with van der Waals surface area (Å²) in [6.07, 6.45) is 59.2. The number of nitrogens with zero attached hydrogens (tertiary/aromatic N) is 1. The first kappa shape index (κ1) is 69.3. The topological polar surface area (TPSA) is 108 Å². The number of carboxylic acids is 1. The Morgan fingerprint density at radius 2 is 0.634 bits per heavy atom. The van der Waals surface area contributed by atoms with E-state index in [9.17, 15) is 19.5 Å². The minimum atomic E-state index is -1.50. The zero-order valence-electron chi connectivity index (χ0n) is 48.2. The molecule has 0 aromatic heterocycles. The molecule has 0 heterocycles.